The number of nitrogens with two attached hydrogens (primary N) is 1. The van der Waals surface area contributed by atoms with Crippen LogP contribution in [0.1, 0.15) is 0 Å². The highest BCUT2D eigenvalue weighted by Crippen LogP contribution is 2.50. The van der Waals surface area contributed by atoms with Crippen LogP contribution in [-0.2, 0) is 0 Å². The summed E-state index contributed by atoms with van der Waals surface area (Å²) in [5.41, 5.74) is 6.59. The first-order chi connectivity index (χ1) is 10.2. The molecule has 0 atom stereocenters. The van der Waals surface area contributed by atoms with Gasteiger partial charge in [-0.05, 0) is 10.8 Å². The summed E-state index contributed by atoms with van der Waals surface area (Å²) in [4.78, 5) is 3.20. The molecule has 0 aliphatic carbocycles. The Kier molecular flexibility index (Phi) is 6.88. The molecular formula is C14H17FN2S4. The van der Waals surface area contributed by atoms with Crippen LogP contribution in [-0.4, -0.2) is 24.6 Å². The molecule has 0 spiro atoms. The van der Waals surface area contributed by atoms with Crippen LogP contribution in [0, 0.1) is 5.82 Å². The van der Waals surface area contributed by atoms with Crippen LogP contribution >= 0.6 is 47.0 Å². The van der Waals surface area contributed by atoms with E-state index in [9.17, 15) is 4.39 Å². The van der Waals surface area contributed by atoms with Gasteiger partial charge in [-0.1, -0.05) is 36.7 Å². The number of nitrogens with one attached hydrogen (secondary N) is 1. The smallest absolute Gasteiger partial charge is 0.153 e. The summed E-state index contributed by atoms with van der Waals surface area (Å²) < 4.78 is 14.9. The minimum absolute atomic E-state index is 0.169. The largest absolute Gasteiger partial charge is 0.382 e. The van der Waals surface area contributed by atoms with Gasteiger partial charge in [0, 0.05) is 29.5 Å². The molecule has 21 heavy (non-hydrogen) atoms. The molecule has 0 bridgehead atoms. The van der Waals surface area contributed by atoms with E-state index in [0.29, 0.717) is 22.1 Å². The van der Waals surface area contributed by atoms with Crippen LogP contribution in [0.15, 0.2) is 43.6 Å². The lowest BCUT2D eigenvalue weighted by Crippen LogP contribution is -2.13. The Bertz CT molecular complexity index is 549. The van der Waals surface area contributed by atoms with Gasteiger partial charge in [0.2, 0.25) is 0 Å². The Morgan fingerprint density at radius 1 is 1.24 bits per heavy atom. The van der Waals surface area contributed by atoms with Gasteiger partial charge in [0.25, 0.3) is 0 Å². The summed E-state index contributed by atoms with van der Waals surface area (Å²) in [6.07, 6.45) is 0. The third-order valence-electron chi connectivity index (χ3n) is 2.68. The van der Waals surface area contributed by atoms with E-state index in [1.54, 1.807) is 22.6 Å². The molecule has 1 aliphatic rings. The highest BCUT2D eigenvalue weighted by molar-refractivity contribution is 8.05. The maximum atomic E-state index is 14.9. The maximum absolute atomic E-state index is 14.9. The van der Waals surface area contributed by atoms with Crippen molar-refractivity contribution in [2.75, 3.05) is 29.9 Å². The number of benzene rings is 1. The molecular weight excluding hydrogens is 343 g/mol. The monoisotopic (exact) mass is 360 g/mol. The summed E-state index contributed by atoms with van der Waals surface area (Å²) in [5, 5.41) is 6.82. The zero-order valence-corrected chi connectivity index (χ0v) is 14.8. The molecule has 0 saturated heterocycles. The topological polar surface area (TPSA) is 38.0 Å². The molecule has 1 aromatic rings. The third-order valence-corrected chi connectivity index (χ3v) is 6.75. The average molecular weight is 361 g/mol. The quantitative estimate of drug-likeness (QED) is 0.676. The maximum Gasteiger partial charge on any atom is 0.153 e. The lowest BCUT2D eigenvalue weighted by Gasteiger charge is -2.25. The van der Waals surface area contributed by atoms with Crippen LogP contribution in [0.25, 0.3) is 0 Å². The Balaban J connectivity index is 2.62. The van der Waals surface area contributed by atoms with Crippen molar-refractivity contribution >= 4 is 52.7 Å². The van der Waals surface area contributed by atoms with Crippen molar-refractivity contribution in [3.8, 4) is 0 Å². The predicted molar refractivity (Wildman–Crippen MR) is 97.5 cm³/mol. The summed E-state index contributed by atoms with van der Waals surface area (Å²) in [6, 6.07) is 0. The summed E-state index contributed by atoms with van der Waals surface area (Å²) >= 11 is 5.95. The third kappa shape index (κ3) is 3.76. The van der Waals surface area contributed by atoms with Crippen molar-refractivity contribution in [2.24, 2.45) is 5.73 Å². The first-order valence-corrected chi connectivity index (χ1v) is 10.1. The Morgan fingerprint density at radius 2 is 1.95 bits per heavy atom. The molecule has 1 aliphatic heterocycles. The standard InChI is InChI=1S/C14H17FN2S4/c1-3-18-11-9(15)12(20-7-5-16)13(19-4-2)10-14(11)21-8-6-17-10/h3-4,17H,1-2,5-8,16H2. The molecule has 0 saturated carbocycles. The Morgan fingerprint density at radius 3 is 2.62 bits per heavy atom. The zero-order chi connectivity index (χ0) is 15.2. The molecule has 114 valence electrons. The predicted octanol–water partition coefficient (Wildman–Crippen LogP) is 4.87. The van der Waals surface area contributed by atoms with Crippen LogP contribution in [0.4, 0.5) is 10.1 Å². The van der Waals surface area contributed by atoms with Crippen molar-refractivity contribution in [2.45, 2.75) is 19.6 Å². The zero-order valence-electron chi connectivity index (χ0n) is 11.5. The van der Waals surface area contributed by atoms with Gasteiger partial charge in [0.1, 0.15) is 0 Å². The minimum atomic E-state index is -0.169. The fraction of sp³-hybridized carbons (Fsp3) is 0.286. The molecule has 0 unspecified atom stereocenters. The van der Waals surface area contributed by atoms with Crippen molar-refractivity contribution in [3.05, 3.63) is 29.8 Å². The molecule has 2 nitrogen and oxygen atoms in total. The number of fused-ring (bicyclic) bond motifs is 1. The first-order valence-electron chi connectivity index (χ1n) is 6.38. The fourth-order valence-electron chi connectivity index (χ4n) is 1.93. The molecule has 0 amide bonds. The Hall–Kier alpha value is -0.210. The van der Waals surface area contributed by atoms with Gasteiger partial charge < -0.3 is 11.1 Å². The van der Waals surface area contributed by atoms with Gasteiger partial charge in [-0.3, -0.25) is 0 Å². The summed E-state index contributed by atoms with van der Waals surface area (Å²) in [7, 11) is 0. The Labute approximate surface area is 142 Å². The SMILES string of the molecule is C=CSc1c(F)c(SCCN)c(SC=C)c2c1SCCN2. The fourth-order valence-corrected chi connectivity index (χ4v) is 5.67. The molecule has 1 heterocycles. The molecule has 7 heteroatoms. The van der Waals surface area contributed by atoms with Gasteiger partial charge >= 0.3 is 0 Å². The number of hydrogen-bond acceptors (Lipinski definition) is 6. The second kappa shape index (κ2) is 8.43. The number of halogens is 1. The van der Waals surface area contributed by atoms with Crippen molar-refractivity contribution in [1.29, 1.82) is 0 Å². The van der Waals surface area contributed by atoms with Gasteiger partial charge in [0.15, 0.2) is 5.82 Å². The van der Waals surface area contributed by atoms with Gasteiger partial charge in [-0.2, -0.15) is 0 Å². The van der Waals surface area contributed by atoms with Crippen LogP contribution in [0.5, 0.6) is 0 Å². The normalized spacial score (nSPS) is 13.4. The molecule has 0 radical (unpaired) electrons. The van der Waals surface area contributed by atoms with Crippen LogP contribution in [0.2, 0.25) is 0 Å². The minimum Gasteiger partial charge on any atom is -0.382 e. The van der Waals surface area contributed by atoms with Gasteiger partial charge in [-0.25, -0.2) is 4.39 Å². The van der Waals surface area contributed by atoms with E-state index in [1.807, 2.05) is 0 Å². The molecule has 2 rings (SSSR count). The van der Waals surface area contributed by atoms with Crippen molar-refractivity contribution in [3.63, 3.8) is 0 Å². The highest BCUT2D eigenvalue weighted by atomic mass is 32.2. The van der Waals surface area contributed by atoms with E-state index in [4.69, 9.17) is 5.73 Å². The molecule has 1 aromatic carbocycles. The summed E-state index contributed by atoms with van der Waals surface area (Å²) in [5.74, 6) is 1.45. The second-order valence-corrected chi connectivity index (χ2v) is 8.15. The highest BCUT2D eigenvalue weighted by Gasteiger charge is 2.26. The van der Waals surface area contributed by atoms with Crippen molar-refractivity contribution in [1.82, 2.24) is 0 Å². The number of hydrogen-bond donors (Lipinski definition) is 2. The van der Waals surface area contributed by atoms with E-state index >= 15 is 0 Å². The lowest BCUT2D eigenvalue weighted by molar-refractivity contribution is 0.559. The summed E-state index contributed by atoms with van der Waals surface area (Å²) in [6.45, 7) is 8.88. The van der Waals surface area contributed by atoms with Gasteiger partial charge in [-0.15, -0.1) is 23.5 Å². The van der Waals surface area contributed by atoms with Crippen molar-refractivity contribution < 1.29 is 4.39 Å². The first kappa shape index (κ1) is 17.1. The lowest BCUT2D eigenvalue weighted by atomic mass is 10.3. The molecule has 3 N–H and O–H groups in total. The van der Waals surface area contributed by atoms with Crippen LogP contribution in [0.3, 0.4) is 0 Å². The van der Waals surface area contributed by atoms with E-state index in [0.717, 1.165) is 27.8 Å². The second-order valence-electron chi connectivity index (χ2n) is 3.99. The number of rotatable bonds is 7. The van der Waals surface area contributed by atoms with E-state index in [2.05, 4.69) is 18.5 Å². The number of anilines is 1. The molecule has 0 aromatic heterocycles. The van der Waals surface area contributed by atoms with Crippen LogP contribution < -0.4 is 11.1 Å². The van der Waals surface area contributed by atoms with E-state index in [-0.39, 0.29) is 5.82 Å². The number of thioether (sulfide) groups is 4. The van der Waals surface area contributed by atoms with E-state index in [1.165, 1.54) is 35.3 Å². The average Bonchev–Trinajstić information content (AvgIpc) is 2.51. The molecule has 0 fully saturated rings. The van der Waals surface area contributed by atoms with E-state index < -0.39 is 0 Å². The van der Waals surface area contributed by atoms with Gasteiger partial charge in [0.05, 0.1) is 20.4 Å².